The number of rotatable bonds is 4. The Morgan fingerprint density at radius 2 is 1.94 bits per heavy atom. The Kier molecular flexibility index (Phi) is 4.70. The molecule has 158 valence electrons. The average molecular weight is 424 g/mol. The van der Waals surface area contributed by atoms with Crippen LogP contribution < -0.4 is 5.73 Å². The molecule has 9 heteroatoms. The zero-order chi connectivity index (χ0) is 21.6. The van der Waals surface area contributed by atoms with E-state index in [1.54, 1.807) is 12.3 Å². The molecule has 5 rings (SSSR count). The van der Waals surface area contributed by atoms with E-state index in [1.165, 1.54) is 6.07 Å². The number of nitrogens with two attached hydrogens (primary N) is 1. The molecule has 31 heavy (non-hydrogen) atoms. The van der Waals surface area contributed by atoms with Gasteiger partial charge >= 0.3 is 6.18 Å². The van der Waals surface area contributed by atoms with Crippen molar-refractivity contribution >= 4 is 11.0 Å². The minimum Gasteiger partial charge on any atom is -0.330 e. The number of fused-ring (bicyclic) bond motifs is 2. The number of nitrogens with zero attached hydrogens (tertiary/aromatic N) is 5. The summed E-state index contributed by atoms with van der Waals surface area (Å²) in [6.45, 7) is 1.21. The molecule has 6 nitrogen and oxygen atoms in total. The van der Waals surface area contributed by atoms with Crippen LogP contribution in [0.2, 0.25) is 0 Å². The van der Waals surface area contributed by atoms with Crippen molar-refractivity contribution in [3.05, 3.63) is 59.7 Å². The van der Waals surface area contributed by atoms with Crippen LogP contribution in [-0.2, 0) is 25.6 Å². The lowest BCUT2D eigenvalue weighted by molar-refractivity contribution is -0.141. The van der Waals surface area contributed by atoms with E-state index in [9.17, 15) is 13.2 Å². The molecule has 4 heterocycles. The zero-order valence-corrected chi connectivity index (χ0v) is 16.5. The lowest BCUT2D eigenvalue weighted by Crippen LogP contribution is -2.08. The third-order valence-corrected chi connectivity index (χ3v) is 5.40. The topological polar surface area (TPSA) is 82.5 Å². The molecule has 0 fully saturated rings. The van der Waals surface area contributed by atoms with Gasteiger partial charge in [-0.05, 0) is 49.2 Å². The highest BCUT2D eigenvalue weighted by atomic mass is 19.4. The Balaban J connectivity index is 1.68. The summed E-state index contributed by atoms with van der Waals surface area (Å²) in [6, 6.07) is 9.59. The molecular formula is C22H19F3N6. The van der Waals surface area contributed by atoms with Crippen LogP contribution in [0.15, 0.2) is 42.6 Å². The van der Waals surface area contributed by atoms with Crippen molar-refractivity contribution in [3.8, 4) is 22.5 Å². The van der Waals surface area contributed by atoms with Crippen LogP contribution in [0.5, 0.6) is 0 Å². The third-order valence-electron chi connectivity index (χ3n) is 5.40. The van der Waals surface area contributed by atoms with Crippen molar-refractivity contribution in [1.82, 2.24) is 24.7 Å². The Hall–Kier alpha value is -3.33. The van der Waals surface area contributed by atoms with E-state index in [1.807, 2.05) is 22.9 Å². The maximum atomic E-state index is 13.2. The van der Waals surface area contributed by atoms with Gasteiger partial charge in [-0.2, -0.15) is 18.3 Å². The minimum atomic E-state index is -4.52. The molecule has 2 N–H and O–H groups in total. The van der Waals surface area contributed by atoms with Gasteiger partial charge in [0.05, 0.1) is 22.4 Å². The van der Waals surface area contributed by atoms with Gasteiger partial charge in [0.25, 0.3) is 0 Å². The first-order chi connectivity index (χ1) is 14.9. The van der Waals surface area contributed by atoms with Gasteiger partial charge in [-0.1, -0.05) is 12.1 Å². The average Bonchev–Trinajstić information content (AvgIpc) is 3.34. The molecule has 0 aliphatic carbocycles. The third kappa shape index (κ3) is 3.54. The van der Waals surface area contributed by atoms with Crippen LogP contribution in [0.1, 0.15) is 23.5 Å². The number of aryl methyl sites for hydroxylation is 1. The molecule has 0 atom stereocenters. The van der Waals surface area contributed by atoms with Crippen LogP contribution in [-0.4, -0.2) is 31.3 Å². The molecule has 1 aliphatic heterocycles. The first-order valence-electron chi connectivity index (χ1n) is 10.0. The molecule has 0 saturated carbocycles. The predicted octanol–water partition coefficient (Wildman–Crippen LogP) is 4.02. The largest absolute Gasteiger partial charge is 0.433 e. The fourth-order valence-corrected chi connectivity index (χ4v) is 4.01. The Morgan fingerprint density at radius 3 is 2.74 bits per heavy atom. The quantitative estimate of drug-likeness (QED) is 0.535. The second-order valence-electron chi connectivity index (χ2n) is 7.51. The standard InChI is InChI=1S/C22H19F3N6/c23-22(24,25)19-5-1-3-16(29-19)21-20(18-4-2-10-31(18)30-21)13-6-7-15-17(11-13)28-14(8-9-26)12-27-15/h1,3,5-7,11-12H,2,4,8-10,26H2. The maximum absolute atomic E-state index is 13.2. The van der Waals surface area contributed by atoms with Crippen LogP contribution in [0.4, 0.5) is 13.2 Å². The summed E-state index contributed by atoms with van der Waals surface area (Å²) in [5.41, 5.74) is 10.3. The van der Waals surface area contributed by atoms with E-state index in [2.05, 4.69) is 20.1 Å². The van der Waals surface area contributed by atoms with Crippen molar-refractivity contribution in [2.45, 2.75) is 32.0 Å². The van der Waals surface area contributed by atoms with Crippen molar-refractivity contribution in [1.29, 1.82) is 0 Å². The minimum absolute atomic E-state index is 0.204. The molecule has 3 aromatic heterocycles. The van der Waals surface area contributed by atoms with Crippen molar-refractivity contribution < 1.29 is 13.2 Å². The van der Waals surface area contributed by atoms with Crippen molar-refractivity contribution in [2.24, 2.45) is 5.73 Å². The number of aromatic nitrogens is 5. The summed E-state index contributed by atoms with van der Waals surface area (Å²) in [5.74, 6) is 0. The number of hydrogen-bond donors (Lipinski definition) is 1. The highest BCUT2D eigenvalue weighted by Gasteiger charge is 2.33. The molecule has 1 aliphatic rings. The molecule has 0 saturated heterocycles. The Labute approximate surface area is 176 Å². The van der Waals surface area contributed by atoms with Gasteiger partial charge in [0.15, 0.2) is 0 Å². The van der Waals surface area contributed by atoms with Crippen molar-refractivity contribution in [3.63, 3.8) is 0 Å². The lowest BCUT2D eigenvalue weighted by Gasteiger charge is -2.09. The summed E-state index contributed by atoms with van der Waals surface area (Å²) in [7, 11) is 0. The fourth-order valence-electron chi connectivity index (χ4n) is 4.01. The number of benzene rings is 1. The van der Waals surface area contributed by atoms with Crippen LogP contribution in [0.3, 0.4) is 0 Å². The molecular weight excluding hydrogens is 405 g/mol. The Morgan fingerprint density at radius 1 is 1.06 bits per heavy atom. The Bertz CT molecular complexity index is 1280. The highest BCUT2D eigenvalue weighted by molar-refractivity contribution is 5.87. The van der Waals surface area contributed by atoms with Crippen LogP contribution in [0, 0.1) is 0 Å². The van der Waals surface area contributed by atoms with E-state index in [0.717, 1.165) is 53.5 Å². The highest BCUT2D eigenvalue weighted by Crippen LogP contribution is 2.38. The summed E-state index contributed by atoms with van der Waals surface area (Å²) in [4.78, 5) is 13.0. The number of hydrogen-bond acceptors (Lipinski definition) is 5. The molecule has 1 aromatic carbocycles. The second kappa shape index (κ2) is 7.42. The SMILES string of the molecule is NCCc1cnc2ccc(-c3c(-c4cccc(C(F)(F)F)n4)nn4c3CCC4)cc2n1. The summed E-state index contributed by atoms with van der Waals surface area (Å²) < 4.78 is 41.6. The van der Waals surface area contributed by atoms with Gasteiger partial charge in [0.2, 0.25) is 0 Å². The monoisotopic (exact) mass is 424 g/mol. The van der Waals surface area contributed by atoms with E-state index in [0.29, 0.717) is 24.2 Å². The first-order valence-corrected chi connectivity index (χ1v) is 10.0. The van der Waals surface area contributed by atoms with E-state index in [-0.39, 0.29) is 5.69 Å². The van der Waals surface area contributed by atoms with Crippen LogP contribution in [0.25, 0.3) is 33.5 Å². The zero-order valence-electron chi connectivity index (χ0n) is 16.5. The molecule has 0 amide bonds. The number of alkyl halides is 3. The van der Waals surface area contributed by atoms with Gasteiger partial charge < -0.3 is 5.73 Å². The van der Waals surface area contributed by atoms with Gasteiger partial charge in [-0.3, -0.25) is 9.67 Å². The summed E-state index contributed by atoms with van der Waals surface area (Å²) in [5, 5.41) is 4.62. The van der Waals surface area contributed by atoms with Gasteiger partial charge in [0, 0.05) is 30.4 Å². The lowest BCUT2D eigenvalue weighted by atomic mass is 9.99. The molecule has 0 radical (unpaired) electrons. The van der Waals surface area contributed by atoms with Crippen LogP contribution >= 0.6 is 0 Å². The van der Waals surface area contributed by atoms with Gasteiger partial charge in [0.1, 0.15) is 11.4 Å². The fraction of sp³-hybridized carbons (Fsp3) is 0.273. The maximum Gasteiger partial charge on any atom is 0.433 e. The molecule has 4 aromatic rings. The molecule has 0 spiro atoms. The summed E-state index contributed by atoms with van der Waals surface area (Å²) in [6.07, 6.45) is -0.436. The number of halogens is 3. The predicted molar refractivity (Wildman–Crippen MR) is 110 cm³/mol. The van der Waals surface area contributed by atoms with Gasteiger partial charge in [-0.25, -0.2) is 9.97 Å². The molecule has 0 bridgehead atoms. The normalized spacial score (nSPS) is 13.7. The van der Waals surface area contributed by atoms with Crippen molar-refractivity contribution in [2.75, 3.05) is 6.54 Å². The van der Waals surface area contributed by atoms with Gasteiger partial charge in [-0.15, -0.1) is 0 Å². The summed E-state index contributed by atoms with van der Waals surface area (Å²) >= 11 is 0. The smallest absolute Gasteiger partial charge is 0.330 e. The van der Waals surface area contributed by atoms with E-state index >= 15 is 0 Å². The first kappa shape index (κ1) is 19.6. The second-order valence-corrected chi connectivity index (χ2v) is 7.51. The molecule has 0 unspecified atom stereocenters. The van der Waals surface area contributed by atoms with E-state index < -0.39 is 11.9 Å². The number of pyridine rings is 1. The van der Waals surface area contributed by atoms with E-state index in [4.69, 9.17) is 5.73 Å².